The summed E-state index contributed by atoms with van der Waals surface area (Å²) in [5.41, 5.74) is 7.43. The normalized spacial score (nSPS) is 10.3. The van der Waals surface area contributed by atoms with Gasteiger partial charge in [-0.15, -0.1) is 0 Å². The van der Waals surface area contributed by atoms with E-state index in [2.05, 4.69) is 5.32 Å². The van der Waals surface area contributed by atoms with Crippen molar-refractivity contribution in [1.29, 1.82) is 0 Å². The van der Waals surface area contributed by atoms with Crippen LogP contribution >= 0.6 is 23.2 Å². The molecule has 0 bridgehead atoms. The van der Waals surface area contributed by atoms with Crippen molar-refractivity contribution >= 4 is 40.3 Å². The molecule has 0 atom stereocenters. The van der Waals surface area contributed by atoms with E-state index >= 15 is 0 Å². The van der Waals surface area contributed by atoms with Crippen molar-refractivity contribution in [2.45, 2.75) is 0 Å². The summed E-state index contributed by atoms with van der Waals surface area (Å²) in [5.74, 6) is -0.389. The van der Waals surface area contributed by atoms with Crippen molar-refractivity contribution in [1.82, 2.24) is 0 Å². The molecule has 0 fully saturated rings. The summed E-state index contributed by atoms with van der Waals surface area (Å²) in [6.07, 6.45) is 0. The number of halogens is 3. The van der Waals surface area contributed by atoms with Crippen LogP contribution in [0.5, 0.6) is 0 Å². The van der Waals surface area contributed by atoms with Crippen LogP contribution in [0.2, 0.25) is 10.0 Å². The first-order valence-corrected chi connectivity index (χ1v) is 5.59. The number of para-hydroxylation sites is 1. The molecular formula is C12H9Cl2FN2. The number of anilines is 3. The Morgan fingerprint density at radius 3 is 2.47 bits per heavy atom. The van der Waals surface area contributed by atoms with Crippen molar-refractivity contribution in [2.75, 3.05) is 11.1 Å². The predicted octanol–water partition coefficient (Wildman–Crippen LogP) is 4.46. The van der Waals surface area contributed by atoms with Gasteiger partial charge in [0.05, 0.1) is 27.1 Å². The molecule has 0 spiro atoms. The van der Waals surface area contributed by atoms with E-state index in [9.17, 15) is 4.39 Å². The average molecular weight is 271 g/mol. The maximum absolute atomic E-state index is 12.9. The quantitative estimate of drug-likeness (QED) is 0.791. The molecule has 5 heteroatoms. The van der Waals surface area contributed by atoms with Gasteiger partial charge in [0, 0.05) is 0 Å². The minimum absolute atomic E-state index is 0.282. The monoisotopic (exact) mass is 270 g/mol. The first-order valence-electron chi connectivity index (χ1n) is 4.84. The van der Waals surface area contributed by atoms with Crippen LogP contribution in [0, 0.1) is 5.82 Å². The molecular weight excluding hydrogens is 262 g/mol. The lowest BCUT2D eigenvalue weighted by Gasteiger charge is -2.11. The van der Waals surface area contributed by atoms with Gasteiger partial charge < -0.3 is 11.1 Å². The van der Waals surface area contributed by atoms with E-state index in [0.29, 0.717) is 22.1 Å². The van der Waals surface area contributed by atoms with Crippen molar-refractivity contribution in [3.8, 4) is 0 Å². The van der Waals surface area contributed by atoms with Crippen LogP contribution in [0.15, 0.2) is 36.4 Å². The zero-order valence-corrected chi connectivity index (χ0v) is 10.2. The predicted molar refractivity (Wildman–Crippen MR) is 70.6 cm³/mol. The van der Waals surface area contributed by atoms with E-state index in [4.69, 9.17) is 28.9 Å². The highest BCUT2D eigenvalue weighted by Gasteiger charge is 2.06. The van der Waals surface area contributed by atoms with Crippen LogP contribution in [0.25, 0.3) is 0 Å². The van der Waals surface area contributed by atoms with Gasteiger partial charge in [-0.2, -0.15) is 0 Å². The van der Waals surface area contributed by atoms with Crippen LogP contribution in [0.1, 0.15) is 0 Å². The second kappa shape index (κ2) is 4.82. The van der Waals surface area contributed by atoms with E-state index < -0.39 is 0 Å². The third-order valence-electron chi connectivity index (χ3n) is 2.25. The van der Waals surface area contributed by atoms with Crippen LogP contribution in [-0.4, -0.2) is 0 Å². The number of nitrogens with two attached hydrogens (primary N) is 1. The molecule has 88 valence electrons. The summed E-state index contributed by atoms with van der Waals surface area (Å²) in [6, 6.07) is 9.30. The highest BCUT2D eigenvalue weighted by Crippen LogP contribution is 2.32. The summed E-state index contributed by atoms with van der Waals surface area (Å²) < 4.78 is 12.9. The van der Waals surface area contributed by atoms with Gasteiger partial charge in [-0.05, 0) is 30.3 Å². The minimum atomic E-state index is -0.389. The second-order valence-electron chi connectivity index (χ2n) is 3.45. The molecule has 17 heavy (non-hydrogen) atoms. The number of rotatable bonds is 2. The Kier molecular flexibility index (Phi) is 3.41. The lowest BCUT2D eigenvalue weighted by atomic mass is 10.2. The van der Waals surface area contributed by atoms with Gasteiger partial charge in [0.1, 0.15) is 5.82 Å². The molecule has 3 N–H and O–H groups in total. The summed E-state index contributed by atoms with van der Waals surface area (Å²) in [5, 5.41) is 3.73. The van der Waals surface area contributed by atoms with Crippen LogP contribution in [-0.2, 0) is 0 Å². The first kappa shape index (κ1) is 12.0. The highest BCUT2D eigenvalue weighted by molar-refractivity contribution is 6.34. The minimum Gasteiger partial charge on any atom is -0.396 e. The maximum atomic E-state index is 12.9. The molecule has 0 saturated carbocycles. The van der Waals surface area contributed by atoms with Crippen molar-refractivity contribution < 1.29 is 4.39 Å². The van der Waals surface area contributed by atoms with Crippen LogP contribution in [0.4, 0.5) is 21.5 Å². The van der Waals surface area contributed by atoms with Gasteiger partial charge in [0.2, 0.25) is 0 Å². The largest absolute Gasteiger partial charge is 0.396 e. The summed E-state index contributed by atoms with van der Waals surface area (Å²) in [6.45, 7) is 0. The Hall–Kier alpha value is -1.45. The van der Waals surface area contributed by atoms with Gasteiger partial charge in [0.25, 0.3) is 0 Å². The van der Waals surface area contributed by atoms with Gasteiger partial charge in [-0.3, -0.25) is 0 Å². The number of hydrogen-bond donors (Lipinski definition) is 2. The molecule has 0 saturated heterocycles. The lowest BCUT2D eigenvalue weighted by Crippen LogP contribution is -1.97. The molecule has 2 aromatic carbocycles. The van der Waals surface area contributed by atoms with Gasteiger partial charge in [-0.1, -0.05) is 29.3 Å². The molecule has 2 aromatic rings. The molecule has 2 nitrogen and oxygen atoms in total. The standard InChI is InChI=1S/C12H9Cl2FN2/c13-8-2-1-3-11(12(8)16)17-10-5-4-7(15)6-9(10)14/h1-6,17H,16H2. The molecule has 0 amide bonds. The Morgan fingerprint density at radius 2 is 1.76 bits per heavy atom. The zero-order valence-electron chi connectivity index (χ0n) is 8.68. The van der Waals surface area contributed by atoms with Crippen molar-refractivity contribution in [3.05, 3.63) is 52.3 Å². The van der Waals surface area contributed by atoms with Crippen molar-refractivity contribution in [3.63, 3.8) is 0 Å². The molecule has 0 aromatic heterocycles. The summed E-state index contributed by atoms with van der Waals surface area (Å²) in [7, 11) is 0. The summed E-state index contributed by atoms with van der Waals surface area (Å²) in [4.78, 5) is 0. The van der Waals surface area contributed by atoms with E-state index in [1.165, 1.54) is 18.2 Å². The molecule has 0 aliphatic heterocycles. The topological polar surface area (TPSA) is 38.0 Å². The highest BCUT2D eigenvalue weighted by atomic mass is 35.5. The Balaban J connectivity index is 2.35. The average Bonchev–Trinajstić information content (AvgIpc) is 2.28. The van der Waals surface area contributed by atoms with Crippen molar-refractivity contribution in [2.24, 2.45) is 0 Å². The molecule has 0 radical (unpaired) electrons. The Labute approximate surface area is 108 Å². The SMILES string of the molecule is Nc1c(Cl)cccc1Nc1ccc(F)cc1Cl. The Bertz CT molecular complexity index is 558. The van der Waals surface area contributed by atoms with E-state index in [1.54, 1.807) is 18.2 Å². The fourth-order valence-electron chi connectivity index (χ4n) is 1.38. The molecule has 0 aliphatic rings. The zero-order chi connectivity index (χ0) is 12.4. The fourth-order valence-corrected chi connectivity index (χ4v) is 1.77. The third kappa shape index (κ3) is 2.62. The summed E-state index contributed by atoms with van der Waals surface area (Å²) >= 11 is 11.8. The fraction of sp³-hybridized carbons (Fsp3) is 0. The molecule has 0 heterocycles. The van der Waals surface area contributed by atoms with Crippen LogP contribution < -0.4 is 11.1 Å². The van der Waals surface area contributed by atoms with Gasteiger partial charge in [0.15, 0.2) is 0 Å². The smallest absolute Gasteiger partial charge is 0.124 e. The number of nitrogens with one attached hydrogen (secondary N) is 1. The molecule has 2 rings (SSSR count). The van der Waals surface area contributed by atoms with Gasteiger partial charge >= 0.3 is 0 Å². The second-order valence-corrected chi connectivity index (χ2v) is 4.26. The Morgan fingerprint density at radius 1 is 1.00 bits per heavy atom. The van der Waals surface area contributed by atoms with Crippen LogP contribution in [0.3, 0.4) is 0 Å². The number of benzene rings is 2. The van der Waals surface area contributed by atoms with E-state index in [1.807, 2.05) is 0 Å². The molecule has 0 aliphatic carbocycles. The maximum Gasteiger partial charge on any atom is 0.124 e. The van der Waals surface area contributed by atoms with E-state index in [0.717, 1.165) is 0 Å². The first-order chi connectivity index (χ1) is 8.08. The lowest BCUT2D eigenvalue weighted by molar-refractivity contribution is 0.628. The number of nitrogen functional groups attached to an aromatic ring is 1. The third-order valence-corrected chi connectivity index (χ3v) is 2.90. The van der Waals surface area contributed by atoms with E-state index in [-0.39, 0.29) is 10.8 Å². The molecule has 0 unspecified atom stereocenters. The number of hydrogen-bond acceptors (Lipinski definition) is 2. The van der Waals surface area contributed by atoms with Gasteiger partial charge in [-0.25, -0.2) is 4.39 Å².